The molecule has 8 nitrogen and oxygen atoms in total. The number of nitrogens with zero attached hydrogens (tertiary/aromatic N) is 2. The number of esters is 1. The summed E-state index contributed by atoms with van der Waals surface area (Å²) in [6, 6.07) is 3.14. The van der Waals surface area contributed by atoms with Gasteiger partial charge in [-0.15, -0.1) is 0 Å². The lowest BCUT2D eigenvalue weighted by Crippen LogP contribution is -2.38. The molecule has 0 atom stereocenters. The molecule has 1 aliphatic heterocycles. The molecule has 0 radical (unpaired) electrons. The zero-order valence-corrected chi connectivity index (χ0v) is 12.7. The minimum absolute atomic E-state index is 0.0801. The average Bonchev–Trinajstić information content (AvgIpc) is 2.80. The van der Waals surface area contributed by atoms with Crippen LogP contribution in [0.4, 0.5) is 0 Å². The maximum Gasteiger partial charge on any atom is 0.305 e. The van der Waals surface area contributed by atoms with E-state index in [4.69, 9.17) is 0 Å². The SMILES string of the molecule is COC(=O)CCCC(=O)NCCN1C(=O)c2cccnc2C1=O. The Morgan fingerprint density at radius 1 is 1.26 bits per heavy atom. The molecule has 0 unspecified atom stereocenters. The van der Waals surface area contributed by atoms with E-state index in [0.717, 1.165) is 4.90 Å². The maximum absolute atomic E-state index is 12.1. The van der Waals surface area contributed by atoms with Crippen LogP contribution in [0.1, 0.15) is 40.1 Å². The maximum atomic E-state index is 12.1. The van der Waals surface area contributed by atoms with Crippen molar-refractivity contribution in [1.29, 1.82) is 0 Å². The van der Waals surface area contributed by atoms with Crippen molar-refractivity contribution in [1.82, 2.24) is 15.2 Å². The number of carbonyl (C=O) groups excluding carboxylic acids is 4. The van der Waals surface area contributed by atoms with E-state index >= 15 is 0 Å². The van der Waals surface area contributed by atoms with Gasteiger partial charge in [-0.25, -0.2) is 0 Å². The van der Waals surface area contributed by atoms with E-state index in [2.05, 4.69) is 15.0 Å². The van der Waals surface area contributed by atoms with Crippen LogP contribution >= 0.6 is 0 Å². The van der Waals surface area contributed by atoms with Gasteiger partial charge in [0.25, 0.3) is 11.8 Å². The van der Waals surface area contributed by atoms with E-state index in [-0.39, 0.29) is 49.1 Å². The minimum Gasteiger partial charge on any atom is -0.469 e. The number of methoxy groups -OCH3 is 1. The Bertz CT molecular complexity index is 609. The highest BCUT2D eigenvalue weighted by Crippen LogP contribution is 2.19. The first-order valence-corrected chi connectivity index (χ1v) is 7.19. The van der Waals surface area contributed by atoms with Crippen LogP contribution in [-0.4, -0.2) is 53.8 Å². The molecule has 1 aliphatic rings. The fraction of sp³-hybridized carbons (Fsp3) is 0.400. The van der Waals surface area contributed by atoms with Crippen LogP contribution < -0.4 is 5.32 Å². The summed E-state index contributed by atoms with van der Waals surface area (Å²) < 4.78 is 4.48. The monoisotopic (exact) mass is 319 g/mol. The largest absolute Gasteiger partial charge is 0.469 e. The van der Waals surface area contributed by atoms with Crippen molar-refractivity contribution in [3.63, 3.8) is 0 Å². The van der Waals surface area contributed by atoms with Gasteiger partial charge in [0.1, 0.15) is 5.69 Å². The lowest BCUT2D eigenvalue weighted by Gasteiger charge is -2.13. The van der Waals surface area contributed by atoms with Gasteiger partial charge in [0.05, 0.1) is 12.7 Å². The number of fused-ring (bicyclic) bond motifs is 1. The predicted octanol–water partition coefficient (Wildman–Crippen LogP) is 0.137. The van der Waals surface area contributed by atoms with Gasteiger partial charge in [-0.3, -0.25) is 29.1 Å². The summed E-state index contributed by atoms with van der Waals surface area (Å²) in [5.41, 5.74) is 0.420. The topological polar surface area (TPSA) is 106 Å². The highest BCUT2D eigenvalue weighted by molar-refractivity contribution is 6.20. The van der Waals surface area contributed by atoms with Gasteiger partial charge >= 0.3 is 5.97 Å². The van der Waals surface area contributed by atoms with Gasteiger partial charge in [0, 0.05) is 32.1 Å². The number of imide groups is 1. The molecule has 23 heavy (non-hydrogen) atoms. The number of amides is 3. The molecule has 0 spiro atoms. The van der Waals surface area contributed by atoms with E-state index in [0.29, 0.717) is 6.42 Å². The second-order valence-electron chi connectivity index (χ2n) is 4.94. The van der Waals surface area contributed by atoms with Crippen LogP contribution in [0, 0.1) is 0 Å². The molecule has 2 rings (SSSR count). The smallest absolute Gasteiger partial charge is 0.305 e. The number of pyridine rings is 1. The number of carbonyl (C=O) groups is 4. The van der Waals surface area contributed by atoms with E-state index in [1.54, 1.807) is 12.1 Å². The molecule has 1 aromatic heterocycles. The third-order valence-corrected chi connectivity index (χ3v) is 3.40. The predicted molar refractivity (Wildman–Crippen MR) is 78.5 cm³/mol. The summed E-state index contributed by atoms with van der Waals surface area (Å²) in [6.45, 7) is 0.235. The van der Waals surface area contributed by atoms with Crippen LogP contribution in [-0.2, 0) is 14.3 Å². The van der Waals surface area contributed by atoms with Gasteiger partial charge in [-0.2, -0.15) is 0 Å². The standard InChI is InChI=1S/C15H17N3O5/c1-23-12(20)6-2-5-11(19)16-8-9-18-14(21)10-4-3-7-17-13(10)15(18)22/h3-4,7H,2,5-6,8-9H2,1H3,(H,16,19). The molecule has 1 aromatic rings. The number of aromatic nitrogens is 1. The molecule has 2 heterocycles. The Balaban J connectivity index is 1.75. The average molecular weight is 319 g/mol. The summed E-state index contributed by atoms with van der Waals surface area (Å²) in [5.74, 6) is -1.47. The van der Waals surface area contributed by atoms with E-state index in [9.17, 15) is 19.2 Å². The van der Waals surface area contributed by atoms with E-state index < -0.39 is 11.8 Å². The Morgan fingerprint density at radius 2 is 2.04 bits per heavy atom. The lowest BCUT2D eigenvalue weighted by atomic mass is 10.2. The fourth-order valence-corrected chi connectivity index (χ4v) is 2.21. The number of ether oxygens (including phenoxy) is 1. The van der Waals surface area contributed by atoms with Gasteiger partial charge in [-0.05, 0) is 18.6 Å². The van der Waals surface area contributed by atoms with Gasteiger partial charge in [0.2, 0.25) is 5.91 Å². The number of hydrogen-bond donors (Lipinski definition) is 1. The summed E-state index contributed by atoms with van der Waals surface area (Å²) >= 11 is 0. The van der Waals surface area contributed by atoms with Crippen LogP contribution in [0.15, 0.2) is 18.3 Å². The van der Waals surface area contributed by atoms with Crippen molar-refractivity contribution >= 4 is 23.7 Å². The molecule has 3 amide bonds. The van der Waals surface area contributed by atoms with Gasteiger partial charge in [-0.1, -0.05) is 0 Å². The molecule has 0 aliphatic carbocycles. The summed E-state index contributed by atoms with van der Waals surface area (Å²) in [4.78, 5) is 51.6. The van der Waals surface area contributed by atoms with Crippen molar-refractivity contribution in [3.05, 3.63) is 29.6 Å². The summed E-state index contributed by atoms with van der Waals surface area (Å²) in [7, 11) is 1.29. The van der Waals surface area contributed by atoms with Gasteiger partial charge in [0.15, 0.2) is 0 Å². The van der Waals surface area contributed by atoms with Crippen molar-refractivity contribution in [2.75, 3.05) is 20.2 Å². The zero-order valence-electron chi connectivity index (χ0n) is 12.7. The van der Waals surface area contributed by atoms with Gasteiger partial charge < -0.3 is 10.1 Å². The zero-order chi connectivity index (χ0) is 16.8. The highest BCUT2D eigenvalue weighted by Gasteiger charge is 2.36. The number of rotatable bonds is 7. The third-order valence-electron chi connectivity index (χ3n) is 3.40. The Hall–Kier alpha value is -2.77. The Labute approximate surface area is 132 Å². The second-order valence-corrected chi connectivity index (χ2v) is 4.94. The second kappa shape index (κ2) is 7.48. The summed E-state index contributed by atoms with van der Waals surface area (Å²) in [5, 5.41) is 2.61. The quantitative estimate of drug-likeness (QED) is 0.566. The number of nitrogens with one attached hydrogen (secondary N) is 1. The first kappa shape index (κ1) is 16.6. The van der Waals surface area contributed by atoms with Crippen LogP contribution in [0.3, 0.4) is 0 Å². The van der Waals surface area contributed by atoms with Crippen LogP contribution in [0.25, 0.3) is 0 Å². The molecule has 0 aromatic carbocycles. The lowest BCUT2D eigenvalue weighted by molar-refractivity contribution is -0.140. The van der Waals surface area contributed by atoms with E-state index in [1.807, 2.05) is 0 Å². The van der Waals surface area contributed by atoms with Crippen molar-refractivity contribution < 1.29 is 23.9 Å². The molecule has 0 saturated carbocycles. The Kier molecular flexibility index (Phi) is 5.40. The van der Waals surface area contributed by atoms with Crippen LogP contribution in [0.2, 0.25) is 0 Å². The first-order chi connectivity index (χ1) is 11.0. The molecule has 0 bridgehead atoms. The van der Waals surface area contributed by atoms with Crippen molar-refractivity contribution in [2.45, 2.75) is 19.3 Å². The molecule has 8 heteroatoms. The van der Waals surface area contributed by atoms with Crippen LogP contribution in [0.5, 0.6) is 0 Å². The molecule has 1 N–H and O–H groups in total. The molecular weight excluding hydrogens is 302 g/mol. The number of hydrogen-bond acceptors (Lipinski definition) is 6. The first-order valence-electron chi connectivity index (χ1n) is 7.19. The highest BCUT2D eigenvalue weighted by atomic mass is 16.5. The minimum atomic E-state index is -0.453. The molecular formula is C15H17N3O5. The molecule has 0 fully saturated rings. The van der Waals surface area contributed by atoms with Crippen molar-refractivity contribution in [2.24, 2.45) is 0 Å². The fourth-order valence-electron chi connectivity index (χ4n) is 2.21. The Morgan fingerprint density at radius 3 is 2.74 bits per heavy atom. The molecule has 0 saturated heterocycles. The summed E-state index contributed by atoms with van der Waals surface area (Å²) in [6.07, 6.45) is 2.19. The normalized spacial score (nSPS) is 13.0. The third kappa shape index (κ3) is 3.91. The van der Waals surface area contributed by atoms with Crippen molar-refractivity contribution in [3.8, 4) is 0 Å². The van der Waals surface area contributed by atoms with E-state index in [1.165, 1.54) is 13.3 Å². The molecule has 122 valence electrons.